The van der Waals surface area contributed by atoms with E-state index in [2.05, 4.69) is 60.5 Å². The van der Waals surface area contributed by atoms with Crippen molar-refractivity contribution in [3.63, 3.8) is 0 Å². The van der Waals surface area contributed by atoms with Crippen molar-refractivity contribution in [2.75, 3.05) is 13.1 Å². The second-order valence-corrected chi connectivity index (χ2v) is 7.36. The van der Waals surface area contributed by atoms with Gasteiger partial charge in [-0.15, -0.1) is 0 Å². The van der Waals surface area contributed by atoms with Crippen LogP contribution in [0.4, 0.5) is 0 Å². The van der Waals surface area contributed by atoms with Gasteiger partial charge in [0.2, 0.25) is 5.91 Å². The van der Waals surface area contributed by atoms with Crippen LogP contribution in [0.3, 0.4) is 0 Å². The van der Waals surface area contributed by atoms with Crippen LogP contribution in [-0.4, -0.2) is 23.9 Å². The summed E-state index contributed by atoms with van der Waals surface area (Å²) in [6.07, 6.45) is 2.98. The van der Waals surface area contributed by atoms with Gasteiger partial charge in [0.1, 0.15) is 0 Å². The molecule has 1 saturated heterocycles. The molecule has 3 nitrogen and oxygen atoms in total. The number of hydrogen-bond donors (Lipinski definition) is 1. The zero-order valence-corrected chi connectivity index (χ0v) is 15.9. The highest BCUT2D eigenvalue weighted by molar-refractivity contribution is 5.79. The number of carbonyl (C=O) groups excluding carboxylic acids is 1. The lowest BCUT2D eigenvalue weighted by molar-refractivity contribution is -0.127. The Morgan fingerprint density at radius 3 is 2.27 bits per heavy atom. The number of piperidine rings is 1. The molecule has 3 rings (SSSR count). The van der Waals surface area contributed by atoms with Crippen molar-refractivity contribution in [3.05, 3.63) is 71.3 Å². The highest BCUT2D eigenvalue weighted by atomic mass is 16.1. The largest absolute Gasteiger partial charge is 0.349 e. The molecule has 0 aromatic heterocycles. The van der Waals surface area contributed by atoms with Crippen molar-refractivity contribution < 1.29 is 4.79 Å². The predicted octanol–water partition coefficient (Wildman–Crippen LogP) is 4.34. The summed E-state index contributed by atoms with van der Waals surface area (Å²) in [5.41, 5.74) is 3.91. The quantitative estimate of drug-likeness (QED) is 0.840. The summed E-state index contributed by atoms with van der Waals surface area (Å²) in [5.74, 6) is 0.341. The van der Waals surface area contributed by atoms with Gasteiger partial charge in [0, 0.05) is 12.5 Å². The monoisotopic (exact) mass is 350 g/mol. The van der Waals surface area contributed by atoms with Crippen molar-refractivity contribution in [1.29, 1.82) is 0 Å². The van der Waals surface area contributed by atoms with Crippen LogP contribution in [0.2, 0.25) is 0 Å². The highest BCUT2D eigenvalue weighted by Gasteiger charge is 2.25. The number of aryl methyl sites for hydroxylation is 1. The molecule has 0 saturated carbocycles. The maximum Gasteiger partial charge on any atom is 0.223 e. The Labute approximate surface area is 157 Å². The smallest absolute Gasteiger partial charge is 0.223 e. The van der Waals surface area contributed by atoms with Gasteiger partial charge < -0.3 is 5.32 Å². The number of nitrogens with one attached hydrogen (secondary N) is 1. The van der Waals surface area contributed by atoms with Crippen LogP contribution in [0.25, 0.3) is 0 Å². The van der Waals surface area contributed by atoms with Crippen molar-refractivity contribution in [1.82, 2.24) is 10.2 Å². The molecule has 0 aliphatic carbocycles. The van der Waals surface area contributed by atoms with Gasteiger partial charge in [0.05, 0.1) is 6.04 Å². The Kier molecular flexibility index (Phi) is 6.45. The van der Waals surface area contributed by atoms with Gasteiger partial charge in [-0.3, -0.25) is 9.69 Å². The number of hydrogen-bond acceptors (Lipinski definition) is 2. The van der Waals surface area contributed by atoms with E-state index in [9.17, 15) is 4.79 Å². The summed E-state index contributed by atoms with van der Waals surface area (Å²) < 4.78 is 0. The third-order valence-electron chi connectivity index (χ3n) is 5.45. The number of carbonyl (C=O) groups is 1. The molecule has 2 aromatic rings. The van der Waals surface area contributed by atoms with Crippen LogP contribution in [0, 0.1) is 5.92 Å². The van der Waals surface area contributed by atoms with E-state index >= 15 is 0 Å². The second kappa shape index (κ2) is 9.00. The summed E-state index contributed by atoms with van der Waals surface area (Å²) in [6.45, 7) is 7.21. The Morgan fingerprint density at radius 2 is 1.65 bits per heavy atom. The number of rotatable bonds is 6. The maximum absolute atomic E-state index is 12.6. The lowest BCUT2D eigenvalue weighted by Gasteiger charge is -2.32. The average molecular weight is 351 g/mol. The molecule has 0 radical (unpaired) electrons. The van der Waals surface area contributed by atoms with E-state index in [1.165, 1.54) is 11.1 Å². The Bertz CT molecular complexity index is 688. The fraction of sp³-hybridized carbons (Fsp3) is 0.435. The molecule has 1 aliphatic heterocycles. The Hall–Kier alpha value is -2.13. The van der Waals surface area contributed by atoms with Crippen molar-refractivity contribution in [2.24, 2.45) is 5.92 Å². The number of likely N-dealkylation sites (tertiary alicyclic amines) is 1. The van der Waals surface area contributed by atoms with Gasteiger partial charge in [-0.1, -0.05) is 61.5 Å². The standard InChI is InChI=1S/C23H30N2O/c1-3-19-9-11-20(12-10-19)17-25-15-13-22(14-16-25)23(26)24-18(2)21-7-5-4-6-8-21/h4-12,18,22H,3,13-17H2,1-2H3,(H,24,26). The molecule has 1 atom stereocenters. The fourth-order valence-electron chi connectivity index (χ4n) is 3.65. The predicted molar refractivity (Wildman–Crippen MR) is 107 cm³/mol. The first kappa shape index (κ1) is 18.7. The third-order valence-corrected chi connectivity index (χ3v) is 5.45. The van der Waals surface area contributed by atoms with Crippen LogP contribution in [0.5, 0.6) is 0 Å². The molecule has 138 valence electrons. The minimum atomic E-state index is 0.0683. The first-order valence-electron chi connectivity index (χ1n) is 9.81. The second-order valence-electron chi connectivity index (χ2n) is 7.36. The van der Waals surface area contributed by atoms with Gasteiger partial charge in [-0.25, -0.2) is 0 Å². The molecule has 0 spiro atoms. The molecule has 26 heavy (non-hydrogen) atoms. The molecule has 1 fully saturated rings. The summed E-state index contributed by atoms with van der Waals surface area (Å²) in [4.78, 5) is 15.1. The first-order valence-corrected chi connectivity index (χ1v) is 9.81. The number of amides is 1. The van der Waals surface area contributed by atoms with Gasteiger partial charge in [-0.2, -0.15) is 0 Å². The maximum atomic E-state index is 12.6. The topological polar surface area (TPSA) is 32.3 Å². The van der Waals surface area contributed by atoms with Crippen molar-refractivity contribution >= 4 is 5.91 Å². The van der Waals surface area contributed by atoms with Gasteiger partial charge >= 0.3 is 0 Å². The van der Waals surface area contributed by atoms with E-state index in [4.69, 9.17) is 0 Å². The Balaban J connectivity index is 1.46. The summed E-state index contributed by atoms with van der Waals surface area (Å²) >= 11 is 0. The molecule has 1 amide bonds. The molecular formula is C23H30N2O. The summed E-state index contributed by atoms with van der Waals surface area (Å²) in [5, 5.41) is 3.19. The SMILES string of the molecule is CCc1ccc(CN2CCC(C(=O)NC(C)c3ccccc3)CC2)cc1. The van der Waals surface area contributed by atoms with E-state index in [0.29, 0.717) is 0 Å². The van der Waals surface area contributed by atoms with Gasteiger partial charge in [0.15, 0.2) is 0 Å². The van der Waals surface area contributed by atoms with E-state index in [1.807, 2.05) is 18.2 Å². The molecule has 0 bridgehead atoms. The van der Waals surface area contributed by atoms with Gasteiger partial charge in [0.25, 0.3) is 0 Å². The van der Waals surface area contributed by atoms with Crippen LogP contribution in [0.1, 0.15) is 49.4 Å². The lowest BCUT2D eigenvalue weighted by atomic mass is 9.94. The summed E-state index contributed by atoms with van der Waals surface area (Å²) in [6, 6.07) is 19.2. The highest BCUT2D eigenvalue weighted by Crippen LogP contribution is 2.21. The Morgan fingerprint density at radius 1 is 1.04 bits per heavy atom. The lowest BCUT2D eigenvalue weighted by Crippen LogP contribution is -2.40. The zero-order chi connectivity index (χ0) is 18.4. The molecule has 1 heterocycles. The molecular weight excluding hydrogens is 320 g/mol. The third kappa shape index (κ3) is 4.95. The molecule has 1 N–H and O–H groups in total. The average Bonchev–Trinajstić information content (AvgIpc) is 2.69. The van der Waals surface area contributed by atoms with Crippen LogP contribution in [0.15, 0.2) is 54.6 Å². The minimum absolute atomic E-state index is 0.0683. The first-order chi connectivity index (χ1) is 12.7. The van der Waals surface area contributed by atoms with Crippen molar-refractivity contribution in [3.8, 4) is 0 Å². The van der Waals surface area contributed by atoms with E-state index in [-0.39, 0.29) is 17.9 Å². The van der Waals surface area contributed by atoms with E-state index in [0.717, 1.165) is 44.5 Å². The van der Waals surface area contributed by atoms with Crippen LogP contribution >= 0.6 is 0 Å². The number of nitrogens with zero attached hydrogens (tertiary/aromatic N) is 1. The number of benzene rings is 2. The normalized spacial score (nSPS) is 17.0. The van der Waals surface area contributed by atoms with E-state index in [1.54, 1.807) is 0 Å². The molecule has 1 unspecified atom stereocenters. The zero-order valence-electron chi connectivity index (χ0n) is 15.9. The minimum Gasteiger partial charge on any atom is -0.349 e. The van der Waals surface area contributed by atoms with Crippen LogP contribution < -0.4 is 5.32 Å². The van der Waals surface area contributed by atoms with Gasteiger partial charge in [-0.05, 0) is 56.0 Å². The van der Waals surface area contributed by atoms with E-state index < -0.39 is 0 Å². The fourth-order valence-corrected chi connectivity index (χ4v) is 3.65. The van der Waals surface area contributed by atoms with Crippen molar-refractivity contribution in [2.45, 2.75) is 45.7 Å². The molecule has 1 aliphatic rings. The summed E-state index contributed by atoms with van der Waals surface area (Å²) in [7, 11) is 0. The molecule has 2 aromatic carbocycles. The van der Waals surface area contributed by atoms with Crippen LogP contribution in [-0.2, 0) is 17.8 Å². The molecule has 3 heteroatoms.